The number of benzene rings is 1. The van der Waals surface area contributed by atoms with Crippen molar-refractivity contribution in [3.8, 4) is 5.69 Å². The quantitative estimate of drug-likeness (QED) is 0.848. The molecule has 0 saturated carbocycles. The zero-order valence-corrected chi connectivity index (χ0v) is 11.2. The second kappa shape index (κ2) is 5.71. The molecule has 1 aromatic heterocycles. The van der Waals surface area contributed by atoms with Crippen molar-refractivity contribution in [1.82, 2.24) is 9.55 Å². The molecule has 1 aromatic carbocycles. The zero-order chi connectivity index (χ0) is 13.8. The first kappa shape index (κ1) is 13.4. The Hall–Kier alpha value is -2.08. The van der Waals surface area contributed by atoms with Crippen LogP contribution in [0.3, 0.4) is 0 Å². The maximum Gasteiger partial charge on any atom is 0.287 e. The van der Waals surface area contributed by atoms with Crippen LogP contribution >= 0.6 is 11.8 Å². The highest BCUT2D eigenvalue weighted by Gasteiger charge is 2.08. The number of hydrogen-bond acceptors (Lipinski definition) is 4. The lowest BCUT2D eigenvalue weighted by Crippen LogP contribution is -2.22. The van der Waals surface area contributed by atoms with Crippen LogP contribution < -0.4 is 11.3 Å². The third-order valence-corrected chi connectivity index (χ3v) is 3.45. The molecule has 0 atom stereocenters. The summed E-state index contributed by atoms with van der Waals surface area (Å²) in [7, 11) is 0. The van der Waals surface area contributed by atoms with Crippen LogP contribution in [0.25, 0.3) is 5.69 Å². The Morgan fingerprint density at radius 3 is 2.68 bits per heavy atom. The lowest BCUT2D eigenvalue weighted by molar-refractivity contribution is -0.115. The van der Waals surface area contributed by atoms with E-state index in [0.29, 0.717) is 0 Å². The highest BCUT2D eigenvalue weighted by atomic mass is 32.2. The number of amides is 1. The van der Waals surface area contributed by atoms with Gasteiger partial charge in [0.05, 0.1) is 5.75 Å². The first-order chi connectivity index (χ1) is 9.08. The van der Waals surface area contributed by atoms with E-state index in [4.69, 9.17) is 5.73 Å². The molecule has 98 valence electrons. The van der Waals surface area contributed by atoms with Crippen molar-refractivity contribution >= 4 is 17.7 Å². The lowest BCUT2D eigenvalue weighted by Gasteiger charge is -2.07. The largest absolute Gasteiger partial charge is 0.369 e. The molecule has 0 saturated heterocycles. The normalized spacial score (nSPS) is 10.4. The molecule has 0 aliphatic heterocycles. The molecule has 1 heterocycles. The van der Waals surface area contributed by atoms with Gasteiger partial charge >= 0.3 is 0 Å². The topological polar surface area (TPSA) is 78.0 Å². The van der Waals surface area contributed by atoms with Crippen LogP contribution in [-0.4, -0.2) is 21.2 Å². The van der Waals surface area contributed by atoms with Gasteiger partial charge in [0.2, 0.25) is 5.91 Å². The smallest absolute Gasteiger partial charge is 0.287 e. The van der Waals surface area contributed by atoms with Gasteiger partial charge in [-0.2, -0.15) is 0 Å². The van der Waals surface area contributed by atoms with Gasteiger partial charge in [0.1, 0.15) is 0 Å². The van der Waals surface area contributed by atoms with Crippen molar-refractivity contribution in [2.24, 2.45) is 5.73 Å². The fraction of sp³-hybridized carbons (Fsp3) is 0.154. The SMILES string of the molecule is Cc1ccc(-n2ccnc(SCC(N)=O)c2=O)cc1. The van der Waals surface area contributed by atoms with Crippen LogP contribution in [0.15, 0.2) is 46.5 Å². The third-order valence-electron chi connectivity index (χ3n) is 2.47. The monoisotopic (exact) mass is 275 g/mol. The van der Waals surface area contributed by atoms with Crippen LogP contribution in [-0.2, 0) is 4.79 Å². The fourth-order valence-corrected chi connectivity index (χ4v) is 2.18. The Bertz CT molecular complexity index is 650. The highest BCUT2D eigenvalue weighted by Crippen LogP contribution is 2.11. The number of thioether (sulfide) groups is 1. The van der Waals surface area contributed by atoms with Gasteiger partial charge in [-0.25, -0.2) is 4.98 Å². The van der Waals surface area contributed by atoms with E-state index in [0.717, 1.165) is 23.0 Å². The van der Waals surface area contributed by atoms with Crippen molar-refractivity contribution in [2.45, 2.75) is 11.9 Å². The number of nitrogens with zero attached hydrogens (tertiary/aromatic N) is 2. The molecule has 19 heavy (non-hydrogen) atoms. The minimum atomic E-state index is -0.475. The van der Waals surface area contributed by atoms with E-state index in [9.17, 15) is 9.59 Å². The van der Waals surface area contributed by atoms with Gasteiger partial charge < -0.3 is 5.73 Å². The molecule has 0 radical (unpaired) electrons. The Labute approximate surface area is 114 Å². The lowest BCUT2D eigenvalue weighted by atomic mass is 10.2. The Morgan fingerprint density at radius 1 is 1.37 bits per heavy atom. The van der Waals surface area contributed by atoms with E-state index in [1.807, 2.05) is 31.2 Å². The second-order valence-electron chi connectivity index (χ2n) is 4.00. The van der Waals surface area contributed by atoms with Crippen molar-refractivity contribution in [1.29, 1.82) is 0 Å². The van der Waals surface area contributed by atoms with E-state index in [1.165, 1.54) is 10.8 Å². The summed E-state index contributed by atoms with van der Waals surface area (Å²) < 4.78 is 1.50. The molecule has 2 N–H and O–H groups in total. The van der Waals surface area contributed by atoms with Crippen molar-refractivity contribution in [3.63, 3.8) is 0 Å². The van der Waals surface area contributed by atoms with Gasteiger partial charge in [-0.05, 0) is 19.1 Å². The number of primary amides is 1. The Kier molecular flexibility index (Phi) is 4.01. The number of nitrogens with two attached hydrogens (primary N) is 1. The summed E-state index contributed by atoms with van der Waals surface area (Å²) in [6.45, 7) is 1.98. The van der Waals surface area contributed by atoms with Gasteiger partial charge in [0.25, 0.3) is 5.56 Å². The minimum Gasteiger partial charge on any atom is -0.369 e. The minimum absolute atomic E-state index is 0.0418. The zero-order valence-electron chi connectivity index (χ0n) is 10.4. The standard InChI is InChI=1S/C13H13N3O2S/c1-9-2-4-10(5-3-9)16-7-6-15-12(13(16)18)19-8-11(14)17/h2-7H,8H2,1H3,(H2,14,17). The summed E-state index contributed by atoms with van der Waals surface area (Å²) in [4.78, 5) is 26.9. The molecule has 0 bridgehead atoms. The van der Waals surface area contributed by atoms with E-state index in [1.54, 1.807) is 6.20 Å². The van der Waals surface area contributed by atoms with E-state index >= 15 is 0 Å². The molecule has 1 amide bonds. The van der Waals surface area contributed by atoms with Gasteiger partial charge in [0.15, 0.2) is 5.03 Å². The molecule has 6 heteroatoms. The molecular formula is C13H13N3O2S. The third kappa shape index (κ3) is 3.23. The number of aryl methyl sites for hydroxylation is 1. The molecule has 2 rings (SSSR count). The molecule has 0 spiro atoms. The first-order valence-electron chi connectivity index (χ1n) is 5.64. The number of carbonyl (C=O) groups excluding carboxylic acids is 1. The molecule has 2 aromatic rings. The first-order valence-corrected chi connectivity index (χ1v) is 6.62. The number of hydrogen-bond donors (Lipinski definition) is 1. The molecule has 5 nitrogen and oxygen atoms in total. The summed E-state index contributed by atoms with van der Waals surface area (Å²) in [6.07, 6.45) is 3.13. The van der Waals surface area contributed by atoms with Crippen molar-refractivity contribution < 1.29 is 4.79 Å². The number of aromatic nitrogens is 2. The highest BCUT2D eigenvalue weighted by molar-refractivity contribution is 7.99. The van der Waals surface area contributed by atoms with Crippen LogP contribution in [0, 0.1) is 6.92 Å². The average Bonchev–Trinajstić information content (AvgIpc) is 2.39. The van der Waals surface area contributed by atoms with Gasteiger partial charge in [-0.3, -0.25) is 14.2 Å². The summed E-state index contributed by atoms with van der Waals surface area (Å²) in [5.41, 5.74) is 6.69. The van der Waals surface area contributed by atoms with Crippen LogP contribution in [0.4, 0.5) is 0 Å². The van der Waals surface area contributed by atoms with E-state index < -0.39 is 5.91 Å². The number of carbonyl (C=O) groups is 1. The molecular weight excluding hydrogens is 262 g/mol. The maximum absolute atomic E-state index is 12.2. The molecule has 0 unspecified atom stereocenters. The molecule has 0 aliphatic carbocycles. The predicted octanol–water partition coefficient (Wildman–Crippen LogP) is 1.12. The summed E-state index contributed by atoms with van der Waals surface area (Å²) in [5.74, 6) is -0.433. The van der Waals surface area contributed by atoms with E-state index in [-0.39, 0.29) is 16.3 Å². The summed E-state index contributed by atoms with van der Waals surface area (Å²) in [5, 5.41) is 0.266. The van der Waals surface area contributed by atoms with Gasteiger partial charge in [-0.15, -0.1) is 0 Å². The molecule has 0 fully saturated rings. The second-order valence-corrected chi connectivity index (χ2v) is 4.96. The Morgan fingerprint density at radius 2 is 2.05 bits per heavy atom. The molecule has 0 aliphatic rings. The summed E-state index contributed by atoms with van der Waals surface area (Å²) >= 11 is 1.05. The van der Waals surface area contributed by atoms with Crippen LogP contribution in [0.1, 0.15) is 5.56 Å². The van der Waals surface area contributed by atoms with Gasteiger partial charge in [-0.1, -0.05) is 29.5 Å². The van der Waals surface area contributed by atoms with Crippen LogP contribution in [0.5, 0.6) is 0 Å². The summed E-state index contributed by atoms with van der Waals surface area (Å²) in [6, 6.07) is 7.58. The van der Waals surface area contributed by atoms with E-state index in [2.05, 4.69) is 4.98 Å². The Balaban J connectivity index is 2.37. The van der Waals surface area contributed by atoms with Crippen molar-refractivity contribution in [2.75, 3.05) is 5.75 Å². The maximum atomic E-state index is 12.2. The average molecular weight is 275 g/mol. The number of rotatable bonds is 4. The fourth-order valence-electron chi connectivity index (χ4n) is 1.54. The van der Waals surface area contributed by atoms with Crippen LogP contribution in [0.2, 0.25) is 0 Å². The predicted molar refractivity (Wildman–Crippen MR) is 74.5 cm³/mol. The van der Waals surface area contributed by atoms with Crippen molar-refractivity contribution in [3.05, 3.63) is 52.6 Å². The van der Waals surface area contributed by atoms with Gasteiger partial charge in [0, 0.05) is 18.1 Å².